The molecule has 0 radical (unpaired) electrons. The van der Waals surface area contributed by atoms with E-state index in [0.717, 1.165) is 48.4 Å². The van der Waals surface area contributed by atoms with Crippen LogP contribution in [0.4, 0.5) is 5.69 Å². The fraction of sp³-hybridized carbons (Fsp3) is 0.333. The van der Waals surface area contributed by atoms with Gasteiger partial charge in [0.25, 0.3) is 5.91 Å². The SMILES string of the molecule is COc1ccc2cc(C(=O)NCc3ccccc3N3CCN(C)CC3)c(C)nc2c1. The van der Waals surface area contributed by atoms with Gasteiger partial charge < -0.3 is 19.9 Å². The number of ether oxygens (including phenoxy) is 1. The third-order valence-corrected chi connectivity index (χ3v) is 5.73. The van der Waals surface area contributed by atoms with E-state index < -0.39 is 0 Å². The highest BCUT2D eigenvalue weighted by atomic mass is 16.5. The minimum atomic E-state index is -0.106. The predicted molar refractivity (Wildman–Crippen MR) is 120 cm³/mol. The molecule has 1 saturated heterocycles. The van der Waals surface area contributed by atoms with Crippen LogP contribution in [-0.2, 0) is 6.54 Å². The normalized spacial score (nSPS) is 14.7. The Bertz CT molecular complexity index is 1060. The lowest BCUT2D eigenvalue weighted by molar-refractivity contribution is 0.0950. The van der Waals surface area contributed by atoms with Gasteiger partial charge in [0.05, 0.1) is 23.9 Å². The number of nitrogens with one attached hydrogen (secondary N) is 1. The van der Waals surface area contributed by atoms with E-state index in [0.29, 0.717) is 17.8 Å². The zero-order valence-corrected chi connectivity index (χ0v) is 17.8. The quantitative estimate of drug-likeness (QED) is 0.708. The van der Waals surface area contributed by atoms with Crippen LogP contribution >= 0.6 is 0 Å². The van der Waals surface area contributed by atoms with Gasteiger partial charge in [-0.3, -0.25) is 9.78 Å². The fourth-order valence-corrected chi connectivity index (χ4v) is 3.89. The molecule has 1 aromatic heterocycles. The lowest BCUT2D eigenvalue weighted by Crippen LogP contribution is -2.45. The van der Waals surface area contributed by atoms with Gasteiger partial charge in [0, 0.05) is 49.9 Å². The molecule has 0 unspecified atom stereocenters. The van der Waals surface area contributed by atoms with Gasteiger partial charge in [-0.05, 0) is 43.8 Å². The van der Waals surface area contributed by atoms with Crippen LogP contribution in [0.5, 0.6) is 5.75 Å². The van der Waals surface area contributed by atoms with Crippen LogP contribution in [0.3, 0.4) is 0 Å². The Labute approximate surface area is 177 Å². The number of carbonyl (C=O) groups is 1. The van der Waals surface area contributed by atoms with Crippen LogP contribution in [0.15, 0.2) is 48.5 Å². The molecule has 0 aliphatic carbocycles. The number of rotatable bonds is 5. The molecule has 30 heavy (non-hydrogen) atoms. The summed E-state index contributed by atoms with van der Waals surface area (Å²) in [4.78, 5) is 22.3. The summed E-state index contributed by atoms with van der Waals surface area (Å²) in [6.45, 7) is 6.45. The zero-order chi connectivity index (χ0) is 21.1. The Morgan fingerprint density at radius 1 is 1.10 bits per heavy atom. The van der Waals surface area contributed by atoms with E-state index >= 15 is 0 Å². The zero-order valence-electron chi connectivity index (χ0n) is 17.8. The maximum atomic E-state index is 12.9. The minimum Gasteiger partial charge on any atom is -0.497 e. The third-order valence-electron chi connectivity index (χ3n) is 5.73. The summed E-state index contributed by atoms with van der Waals surface area (Å²) in [5, 5.41) is 4.01. The number of fused-ring (bicyclic) bond motifs is 1. The van der Waals surface area contributed by atoms with Crippen molar-refractivity contribution in [3.8, 4) is 5.75 Å². The molecule has 0 atom stereocenters. The molecule has 2 heterocycles. The number of hydrogen-bond acceptors (Lipinski definition) is 5. The number of para-hydroxylation sites is 1. The van der Waals surface area contributed by atoms with E-state index in [1.54, 1.807) is 7.11 Å². The molecule has 3 aromatic rings. The lowest BCUT2D eigenvalue weighted by atomic mass is 10.1. The number of anilines is 1. The molecule has 6 nitrogen and oxygen atoms in total. The van der Waals surface area contributed by atoms with Crippen molar-refractivity contribution in [3.05, 3.63) is 65.4 Å². The molecule has 1 N–H and O–H groups in total. The number of pyridine rings is 1. The van der Waals surface area contributed by atoms with Gasteiger partial charge in [-0.15, -0.1) is 0 Å². The number of benzene rings is 2. The average molecular weight is 405 g/mol. The number of aromatic nitrogens is 1. The number of hydrogen-bond donors (Lipinski definition) is 1. The molecule has 1 aliphatic heterocycles. The van der Waals surface area contributed by atoms with E-state index in [9.17, 15) is 4.79 Å². The van der Waals surface area contributed by atoms with Crippen molar-refractivity contribution in [1.29, 1.82) is 0 Å². The summed E-state index contributed by atoms with van der Waals surface area (Å²) in [5.74, 6) is 0.651. The second-order valence-electron chi connectivity index (χ2n) is 7.78. The topological polar surface area (TPSA) is 57.7 Å². The Morgan fingerprint density at radius 2 is 1.87 bits per heavy atom. The highest BCUT2D eigenvalue weighted by Gasteiger charge is 2.18. The fourth-order valence-electron chi connectivity index (χ4n) is 3.89. The molecule has 4 rings (SSSR count). The molecule has 2 aromatic carbocycles. The lowest BCUT2D eigenvalue weighted by Gasteiger charge is -2.35. The monoisotopic (exact) mass is 404 g/mol. The van der Waals surface area contributed by atoms with Gasteiger partial charge in [-0.1, -0.05) is 18.2 Å². The first-order valence-corrected chi connectivity index (χ1v) is 10.3. The van der Waals surface area contributed by atoms with E-state index in [2.05, 4.69) is 45.3 Å². The molecular formula is C24H28N4O2. The maximum absolute atomic E-state index is 12.9. The largest absolute Gasteiger partial charge is 0.497 e. The molecule has 0 saturated carbocycles. The van der Waals surface area contributed by atoms with Gasteiger partial charge in [0.1, 0.15) is 5.75 Å². The predicted octanol–water partition coefficient (Wildman–Crippen LogP) is 3.23. The molecule has 156 valence electrons. The number of aryl methyl sites for hydroxylation is 1. The summed E-state index contributed by atoms with van der Waals surface area (Å²) in [7, 11) is 3.79. The molecule has 1 fully saturated rings. The Balaban J connectivity index is 1.51. The van der Waals surface area contributed by atoms with Crippen LogP contribution in [0.1, 0.15) is 21.6 Å². The minimum absolute atomic E-state index is 0.106. The number of piperazine rings is 1. The summed E-state index contributed by atoms with van der Waals surface area (Å²) in [6, 6.07) is 15.9. The first-order valence-electron chi connectivity index (χ1n) is 10.3. The second-order valence-corrected chi connectivity index (χ2v) is 7.78. The van der Waals surface area contributed by atoms with Crippen LogP contribution in [0.2, 0.25) is 0 Å². The van der Waals surface area contributed by atoms with Gasteiger partial charge in [-0.25, -0.2) is 0 Å². The van der Waals surface area contributed by atoms with Gasteiger partial charge in [0.2, 0.25) is 0 Å². The molecule has 0 spiro atoms. The highest BCUT2D eigenvalue weighted by molar-refractivity contribution is 5.98. The molecule has 1 aliphatic rings. The van der Waals surface area contributed by atoms with Crippen LogP contribution in [0, 0.1) is 6.92 Å². The van der Waals surface area contributed by atoms with E-state index in [4.69, 9.17) is 4.74 Å². The van der Waals surface area contributed by atoms with E-state index in [1.807, 2.05) is 37.3 Å². The summed E-state index contributed by atoms with van der Waals surface area (Å²) in [5.41, 5.74) is 4.46. The first kappa shape index (κ1) is 20.2. The molecule has 0 bridgehead atoms. The van der Waals surface area contributed by atoms with Gasteiger partial charge in [0.15, 0.2) is 0 Å². The van der Waals surface area contributed by atoms with E-state index in [1.165, 1.54) is 5.69 Å². The van der Waals surface area contributed by atoms with Crippen LogP contribution in [0.25, 0.3) is 10.9 Å². The van der Waals surface area contributed by atoms with Crippen molar-refractivity contribution < 1.29 is 9.53 Å². The molecule has 1 amide bonds. The van der Waals surface area contributed by atoms with Crippen molar-refractivity contribution in [1.82, 2.24) is 15.2 Å². The van der Waals surface area contributed by atoms with Gasteiger partial charge in [-0.2, -0.15) is 0 Å². The smallest absolute Gasteiger partial charge is 0.253 e. The van der Waals surface area contributed by atoms with E-state index in [-0.39, 0.29) is 5.91 Å². The molecular weight excluding hydrogens is 376 g/mol. The van der Waals surface area contributed by atoms with Gasteiger partial charge >= 0.3 is 0 Å². The van der Waals surface area contributed by atoms with Crippen molar-refractivity contribution >= 4 is 22.5 Å². The van der Waals surface area contributed by atoms with Crippen molar-refractivity contribution in [3.63, 3.8) is 0 Å². The highest BCUT2D eigenvalue weighted by Crippen LogP contribution is 2.23. The Hall–Kier alpha value is -3.12. The summed E-state index contributed by atoms with van der Waals surface area (Å²) >= 11 is 0. The number of methoxy groups -OCH3 is 1. The standard InChI is InChI=1S/C24H28N4O2/c1-17-21(14-18-8-9-20(30-3)15-22(18)26-17)24(29)25-16-19-6-4-5-7-23(19)28-12-10-27(2)11-13-28/h4-9,14-15H,10-13,16H2,1-3H3,(H,25,29). The van der Waals surface area contributed by atoms with Crippen molar-refractivity contribution in [2.24, 2.45) is 0 Å². The Kier molecular flexibility index (Phi) is 5.86. The molecule has 6 heteroatoms. The number of nitrogens with zero attached hydrogens (tertiary/aromatic N) is 3. The van der Waals surface area contributed by atoms with Crippen LogP contribution in [-0.4, -0.2) is 56.1 Å². The van der Waals surface area contributed by atoms with Crippen molar-refractivity contribution in [2.75, 3.05) is 45.2 Å². The summed E-state index contributed by atoms with van der Waals surface area (Å²) in [6.07, 6.45) is 0. The number of carbonyl (C=O) groups excluding carboxylic acids is 1. The van der Waals surface area contributed by atoms with Crippen molar-refractivity contribution in [2.45, 2.75) is 13.5 Å². The average Bonchev–Trinajstić information content (AvgIpc) is 2.77. The third kappa shape index (κ3) is 4.24. The van der Waals surface area contributed by atoms with Crippen LogP contribution < -0.4 is 15.0 Å². The second kappa shape index (κ2) is 8.71. The first-order chi connectivity index (χ1) is 14.5. The maximum Gasteiger partial charge on any atom is 0.253 e. The number of likely N-dealkylation sites (N-methyl/N-ethyl adjacent to an activating group) is 1. The summed E-state index contributed by atoms with van der Waals surface area (Å²) < 4.78 is 5.27. The number of amides is 1. The Morgan fingerprint density at radius 3 is 2.63 bits per heavy atom.